The van der Waals surface area contributed by atoms with Crippen molar-refractivity contribution in [1.82, 2.24) is 0 Å². The molecule has 2 heteroatoms. The van der Waals surface area contributed by atoms with E-state index in [9.17, 15) is 0 Å². The van der Waals surface area contributed by atoms with E-state index in [1.54, 1.807) is 0 Å². The first-order chi connectivity index (χ1) is 0. The van der Waals surface area contributed by atoms with Crippen molar-refractivity contribution in [3.63, 3.8) is 0 Å². The van der Waals surface area contributed by atoms with E-state index < -0.39 is 0 Å². The monoisotopic (exact) mass is 191 g/mol. The molecule has 0 saturated carbocycles. The van der Waals surface area contributed by atoms with Gasteiger partial charge in [0.1, 0.15) is 0 Å². The number of halogens is 1. The Labute approximate surface area is 60.7 Å². The van der Waals surface area contributed by atoms with Gasteiger partial charge in [-0.15, -0.1) is 0 Å². The average molecular weight is 191 g/mol. The topological polar surface area (TPSA) is 0 Å². The summed E-state index contributed by atoms with van der Waals surface area (Å²) in [4.78, 5) is 0. The summed E-state index contributed by atoms with van der Waals surface area (Å²) in [7, 11) is 0. The molecule has 0 unspecified atom stereocenters. The SMILES string of the molecule is C.C.[Ce].[F]. The first kappa shape index (κ1) is 57.6. The minimum atomic E-state index is 0. The average Bonchev–Trinajstić information content (AvgIpc) is 0. The fraction of sp³-hybridized carbons (Fsp3) is 1.00. The third kappa shape index (κ3) is 10.3. The summed E-state index contributed by atoms with van der Waals surface area (Å²) in [6.07, 6.45) is 0. The summed E-state index contributed by atoms with van der Waals surface area (Å²) in [6.45, 7) is 0. The predicted octanol–water partition coefficient (Wildman–Crippen LogP) is 1.69. The number of hydrogen-bond donors (Lipinski definition) is 0. The van der Waals surface area contributed by atoms with Crippen molar-refractivity contribution in [1.29, 1.82) is 0 Å². The van der Waals surface area contributed by atoms with E-state index >= 15 is 0 Å². The largest absolute Gasteiger partial charge is 0.0776 e. The molecule has 0 aliphatic heterocycles. The third-order valence-electron chi connectivity index (χ3n) is 0. The first-order valence-electron chi connectivity index (χ1n) is 0. The Morgan fingerprint density at radius 1 is 0.750 bits per heavy atom. The summed E-state index contributed by atoms with van der Waals surface area (Å²) in [5, 5.41) is 0. The molecular weight excluding hydrogens is 183 g/mol. The van der Waals surface area contributed by atoms with Gasteiger partial charge >= 0.3 is 0 Å². The van der Waals surface area contributed by atoms with Gasteiger partial charge in [0.25, 0.3) is 0 Å². The van der Waals surface area contributed by atoms with Crippen molar-refractivity contribution < 1.29 is 46.5 Å². The standard InChI is InChI=1S/2CH4.Ce.F/h2*1H4;;. The van der Waals surface area contributed by atoms with Crippen molar-refractivity contribution in [2.45, 2.75) is 14.9 Å². The molecule has 0 aromatic heterocycles. The van der Waals surface area contributed by atoms with Crippen LogP contribution < -0.4 is 0 Å². The third-order valence-corrected chi connectivity index (χ3v) is 0. The van der Waals surface area contributed by atoms with E-state index in [0.717, 1.165) is 0 Å². The summed E-state index contributed by atoms with van der Waals surface area (Å²) in [5.74, 6) is 0. The minimum Gasteiger partial charge on any atom is -0.0776 e. The molecule has 0 fully saturated rings. The Morgan fingerprint density at radius 3 is 0.750 bits per heavy atom. The molecule has 0 N–H and O–H groups in total. The van der Waals surface area contributed by atoms with E-state index in [1.165, 1.54) is 0 Å². The molecule has 0 atom stereocenters. The Morgan fingerprint density at radius 2 is 0.750 bits per heavy atom. The second kappa shape index (κ2) is 27.6. The van der Waals surface area contributed by atoms with Gasteiger partial charge in [-0.2, -0.15) is 0 Å². The molecule has 0 spiro atoms. The van der Waals surface area contributed by atoms with Crippen molar-refractivity contribution in [3.8, 4) is 0 Å². The van der Waals surface area contributed by atoms with Crippen LogP contribution in [0.5, 0.6) is 0 Å². The normalized spacial score (nSPS) is 0. The van der Waals surface area contributed by atoms with Gasteiger partial charge in [0.05, 0.1) is 0 Å². The fourth-order valence-electron chi connectivity index (χ4n) is 0. The molecule has 1 radical (unpaired) electrons. The molecular formula is C2H8CeF. The smallest absolute Gasteiger partial charge is 0 e. The summed E-state index contributed by atoms with van der Waals surface area (Å²) < 4.78 is 0. The maximum atomic E-state index is 0. The predicted molar refractivity (Wildman–Crippen MR) is 14.6 cm³/mol. The molecule has 27 valence electrons. The van der Waals surface area contributed by atoms with Crippen LogP contribution in [0.4, 0.5) is 4.70 Å². The molecule has 0 bridgehead atoms. The zero-order valence-electron chi connectivity index (χ0n) is 0.878. The summed E-state index contributed by atoms with van der Waals surface area (Å²) in [6, 6.07) is 0. The Bertz CT molecular complexity index is 6.00. The summed E-state index contributed by atoms with van der Waals surface area (Å²) in [5.41, 5.74) is 0. The fourth-order valence-corrected chi connectivity index (χ4v) is 0. The van der Waals surface area contributed by atoms with Crippen LogP contribution in [0.2, 0.25) is 0 Å². The van der Waals surface area contributed by atoms with Crippen LogP contribution in [0.25, 0.3) is 0 Å². The van der Waals surface area contributed by atoms with Crippen molar-refractivity contribution in [2.75, 3.05) is 0 Å². The van der Waals surface area contributed by atoms with Gasteiger partial charge in [0, 0.05) is 46.5 Å². The van der Waals surface area contributed by atoms with Crippen LogP contribution in [-0.2, 0) is 0 Å². The Kier molecular flexibility index (Phi) is 397. The second-order valence-corrected chi connectivity index (χ2v) is 0. The van der Waals surface area contributed by atoms with Crippen LogP contribution >= 0.6 is 0 Å². The molecule has 0 heterocycles. The van der Waals surface area contributed by atoms with Crippen LogP contribution in [-0.4, -0.2) is 0 Å². The minimum absolute atomic E-state index is 0. The van der Waals surface area contributed by atoms with E-state index in [-0.39, 0.29) is 61.3 Å². The molecule has 0 aliphatic carbocycles. The summed E-state index contributed by atoms with van der Waals surface area (Å²) >= 11 is 0. The molecule has 0 aromatic carbocycles. The Hall–Kier alpha value is 1.31. The molecule has 4 heavy (non-hydrogen) atoms. The van der Waals surface area contributed by atoms with Gasteiger partial charge < -0.3 is 0 Å². The molecule has 0 aromatic rings. The molecule has 0 rings (SSSR count). The van der Waals surface area contributed by atoms with Gasteiger partial charge in [-0.25, -0.2) is 0 Å². The molecule has 0 saturated heterocycles. The van der Waals surface area contributed by atoms with Crippen molar-refractivity contribution >= 4 is 0 Å². The maximum Gasteiger partial charge on any atom is 0 e. The van der Waals surface area contributed by atoms with Crippen molar-refractivity contribution in [2.24, 2.45) is 0 Å². The van der Waals surface area contributed by atoms with Gasteiger partial charge in [-0.05, 0) is 0 Å². The maximum absolute atomic E-state index is 0. The van der Waals surface area contributed by atoms with Crippen LogP contribution in [0, 0.1) is 41.7 Å². The zero-order valence-corrected chi connectivity index (χ0v) is 4.02. The number of rotatable bonds is 0. The van der Waals surface area contributed by atoms with E-state index in [1.807, 2.05) is 0 Å². The van der Waals surface area contributed by atoms with E-state index in [4.69, 9.17) is 0 Å². The number of hydrogen-bond acceptors (Lipinski definition) is 0. The first-order valence-corrected chi connectivity index (χ1v) is 0. The molecule has 0 nitrogen and oxygen atoms in total. The van der Waals surface area contributed by atoms with Crippen LogP contribution in [0.15, 0.2) is 0 Å². The Balaban J connectivity index is 0. The second-order valence-electron chi connectivity index (χ2n) is 0. The molecule has 0 amide bonds. The van der Waals surface area contributed by atoms with Crippen molar-refractivity contribution in [3.05, 3.63) is 0 Å². The van der Waals surface area contributed by atoms with E-state index in [2.05, 4.69) is 0 Å². The van der Waals surface area contributed by atoms with Crippen LogP contribution in [0.1, 0.15) is 14.9 Å². The molecule has 0 aliphatic rings. The van der Waals surface area contributed by atoms with E-state index in [0.29, 0.717) is 0 Å². The van der Waals surface area contributed by atoms with Gasteiger partial charge in [0.2, 0.25) is 0 Å². The van der Waals surface area contributed by atoms with Gasteiger partial charge in [-0.3, -0.25) is 0 Å². The van der Waals surface area contributed by atoms with Crippen LogP contribution in [0.3, 0.4) is 0 Å². The van der Waals surface area contributed by atoms with Gasteiger partial charge in [-0.1, -0.05) is 14.9 Å². The quantitative estimate of drug-likeness (QED) is 0.546. The zero-order chi connectivity index (χ0) is 0. The van der Waals surface area contributed by atoms with Gasteiger partial charge in [0.15, 0.2) is 0 Å².